The van der Waals surface area contributed by atoms with E-state index in [2.05, 4.69) is 52.0 Å². The van der Waals surface area contributed by atoms with Gasteiger partial charge in [-0.15, -0.1) is 0 Å². The molecule has 4 aromatic rings. The zero-order valence-corrected chi connectivity index (χ0v) is 28.7. The maximum Gasteiger partial charge on any atom is 0.433 e. The van der Waals surface area contributed by atoms with Crippen molar-refractivity contribution in [2.24, 2.45) is 0 Å². The number of alkyl halides is 3. The fourth-order valence-electron chi connectivity index (χ4n) is 6.86. The highest BCUT2D eigenvalue weighted by Crippen LogP contribution is 2.46. The fraction of sp³-hybridized carbons (Fsp3) is 0.529. The van der Waals surface area contributed by atoms with Gasteiger partial charge in [-0.3, -0.25) is 4.68 Å². The lowest BCUT2D eigenvalue weighted by molar-refractivity contribution is -0.141. The highest BCUT2D eigenvalue weighted by molar-refractivity contribution is 6.76. The summed E-state index contributed by atoms with van der Waals surface area (Å²) in [5, 5.41) is 28.2. The van der Waals surface area contributed by atoms with E-state index in [0.29, 0.717) is 19.2 Å². The van der Waals surface area contributed by atoms with E-state index in [1.165, 1.54) is 6.07 Å². The van der Waals surface area contributed by atoms with E-state index in [1.54, 1.807) is 0 Å². The van der Waals surface area contributed by atoms with Crippen LogP contribution >= 0.6 is 0 Å². The Hall–Kier alpha value is -3.77. The van der Waals surface area contributed by atoms with Crippen molar-refractivity contribution in [3.05, 3.63) is 60.3 Å². The van der Waals surface area contributed by atoms with E-state index in [9.17, 15) is 23.5 Å². The number of aromatic nitrogens is 5. The summed E-state index contributed by atoms with van der Waals surface area (Å²) >= 11 is 0. The normalized spacial score (nSPS) is 20.9. The number of likely N-dealkylation sites (tertiary alicyclic amines) is 1. The van der Waals surface area contributed by atoms with Crippen molar-refractivity contribution in [3.63, 3.8) is 0 Å². The number of ether oxygens (including phenoxy) is 1. The third kappa shape index (κ3) is 7.44. The fourth-order valence-corrected chi connectivity index (χ4v) is 7.62. The number of aliphatic hydroxyl groups is 1. The zero-order valence-electron chi connectivity index (χ0n) is 27.7. The van der Waals surface area contributed by atoms with E-state index < -0.39 is 32.1 Å². The molecule has 1 aliphatic heterocycles. The Bertz CT molecular complexity index is 1760. The summed E-state index contributed by atoms with van der Waals surface area (Å²) in [5.41, 5.74) is 1.64. The van der Waals surface area contributed by atoms with Crippen molar-refractivity contribution < 1.29 is 23.0 Å². The van der Waals surface area contributed by atoms with Gasteiger partial charge in [0.25, 0.3) is 0 Å². The molecule has 0 amide bonds. The molecule has 14 heteroatoms. The van der Waals surface area contributed by atoms with Crippen LogP contribution in [-0.4, -0.2) is 74.2 Å². The van der Waals surface area contributed by atoms with Crippen LogP contribution in [0.2, 0.25) is 25.7 Å². The van der Waals surface area contributed by atoms with E-state index >= 15 is 0 Å². The number of rotatable bonds is 12. The Morgan fingerprint density at radius 1 is 1.17 bits per heavy atom. The minimum Gasteiger partial charge on any atom is -0.392 e. The predicted molar refractivity (Wildman–Crippen MR) is 180 cm³/mol. The lowest BCUT2D eigenvalue weighted by atomic mass is 9.69. The molecule has 0 radical (unpaired) electrons. The first-order valence-electron chi connectivity index (χ1n) is 16.5. The van der Waals surface area contributed by atoms with Crippen molar-refractivity contribution in [3.8, 4) is 17.2 Å². The lowest BCUT2D eigenvalue weighted by Crippen LogP contribution is -2.58. The van der Waals surface area contributed by atoms with Crippen LogP contribution in [-0.2, 0) is 29.8 Å². The monoisotopic (exact) mass is 680 g/mol. The molecule has 2 aliphatic rings. The third-order valence-corrected chi connectivity index (χ3v) is 11.4. The highest BCUT2D eigenvalue weighted by atomic mass is 28.3. The number of nitriles is 1. The molecule has 5 heterocycles. The minimum absolute atomic E-state index is 0.0230. The topological polar surface area (TPSA) is 117 Å². The largest absolute Gasteiger partial charge is 0.433 e. The molecule has 6 rings (SSSR count). The summed E-state index contributed by atoms with van der Waals surface area (Å²) in [6.07, 6.45) is 6.60. The number of piperidine rings is 1. The average Bonchev–Trinajstić information content (AvgIpc) is 3.68. The molecule has 0 bridgehead atoms. The number of anilines is 1. The number of nitrogens with zero attached hydrogens (tertiary/aromatic N) is 7. The van der Waals surface area contributed by atoms with E-state index in [1.807, 2.05) is 40.1 Å². The quantitative estimate of drug-likeness (QED) is 0.129. The Morgan fingerprint density at radius 3 is 2.62 bits per heavy atom. The number of aliphatic hydroxyl groups excluding tert-OH is 1. The van der Waals surface area contributed by atoms with Crippen molar-refractivity contribution in [2.75, 3.05) is 25.0 Å². The molecule has 0 aromatic carbocycles. The van der Waals surface area contributed by atoms with Gasteiger partial charge in [-0.2, -0.15) is 23.5 Å². The van der Waals surface area contributed by atoms with Gasteiger partial charge in [0.05, 0.1) is 30.8 Å². The summed E-state index contributed by atoms with van der Waals surface area (Å²) in [5.74, 6) is 0.132. The van der Waals surface area contributed by atoms with E-state index in [0.717, 1.165) is 79.7 Å². The molecular formula is C34H43F3N8O2Si. The minimum atomic E-state index is -4.58. The molecule has 1 saturated heterocycles. The molecule has 1 aliphatic carbocycles. The van der Waals surface area contributed by atoms with Crippen molar-refractivity contribution in [1.29, 1.82) is 5.26 Å². The molecule has 0 atom stereocenters. The summed E-state index contributed by atoms with van der Waals surface area (Å²) in [4.78, 5) is 10.8. The second-order valence-electron chi connectivity index (χ2n) is 14.4. The van der Waals surface area contributed by atoms with Crippen molar-refractivity contribution in [1.82, 2.24) is 29.2 Å². The Balaban J connectivity index is 1.08. The van der Waals surface area contributed by atoms with Crippen LogP contribution in [0.4, 0.5) is 19.0 Å². The maximum absolute atomic E-state index is 13.3. The third-order valence-electron chi connectivity index (χ3n) is 9.66. The van der Waals surface area contributed by atoms with Crippen LogP contribution in [0.5, 0.6) is 0 Å². The Kier molecular flexibility index (Phi) is 9.68. The zero-order chi connectivity index (χ0) is 34.1. The van der Waals surface area contributed by atoms with Crippen LogP contribution in [0.1, 0.15) is 43.4 Å². The van der Waals surface area contributed by atoms with Crippen LogP contribution in [0.3, 0.4) is 0 Å². The van der Waals surface area contributed by atoms with Gasteiger partial charge in [0.15, 0.2) is 0 Å². The smallest absolute Gasteiger partial charge is 0.392 e. The molecule has 0 spiro atoms. The molecule has 2 N–H and O–H groups in total. The number of nitrogens with one attached hydrogen (secondary N) is 1. The molecule has 0 unspecified atom stereocenters. The van der Waals surface area contributed by atoms with Gasteiger partial charge in [0.2, 0.25) is 0 Å². The van der Waals surface area contributed by atoms with Gasteiger partial charge in [-0.05, 0) is 67.1 Å². The molecular weight excluding hydrogens is 638 g/mol. The van der Waals surface area contributed by atoms with Crippen molar-refractivity contribution in [2.45, 2.75) is 94.9 Å². The second kappa shape index (κ2) is 13.6. The molecule has 2 fully saturated rings. The Labute approximate surface area is 279 Å². The molecule has 1 saturated carbocycles. The number of hydrogen-bond acceptors (Lipinski definition) is 8. The standard InChI is InChI=1S/C34H43F3N8O2Si/c1-48(2,3)15-14-47-23-44-13-7-29-28(4-10-39-32(29)44)25-20-40-45(21-25)33(8-9-38)18-27(19-33)43-11-5-26(6-12-43)41-31-17-24(22-46)16-30(42-31)34(35,36)37/h4,7,10,13,16-17,20-21,26-27,46H,5-6,8,11-12,14-15,18-19,22-23H2,1-3H3,(H,41,42). The first-order valence-corrected chi connectivity index (χ1v) is 20.2. The van der Waals surface area contributed by atoms with Gasteiger partial charge in [0.1, 0.15) is 23.9 Å². The molecule has 48 heavy (non-hydrogen) atoms. The molecule has 256 valence electrons. The maximum atomic E-state index is 13.3. The van der Waals surface area contributed by atoms with E-state index in [4.69, 9.17) is 9.84 Å². The Morgan fingerprint density at radius 2 is 1.94 bits per heavy atom. The summed E-state index contributed by atoms with van der Waals surface area (Å²) < 4.78 is 49.9. The number of halogens is 3. The van der Waals surface area contributed by atoms with Gasteiger partial charge in [0, 0.05) is 69.4 Å². The number of hydrogen-bond donors (Lipinski definition) is 2. The first kappa shape index (κ1) is 34.1. The van der Waals surface area contributed by atoms with Crippen LogP contribution in [0.25, 0.3) is 22.2 Å². The summed E-state index contributed by atoms with van der Waals surface area (Å²) in [6.45, 7) is 9.29. The average molecular weight is 681 g/mol. The number of fused-ring (bicyclic) bond motifs is 1. The lowest BCUT2D eigenvalue weighted by Gasteiger charge is -2.52. The van der Waals surface area contributed by atoms with Crippen LogP contribution in [0, 0.1) is 11.3 Å². The molecule has 4 aromatic heterocycles. The van der Waals surface area contributed by atoms with Crippen molar-refractivity contribution >= 4 is 24.9 Å². The van der Waals surface area contributed by atoms with Gasteiger partial charge >= 0.3 is 6.18 Å². The van der Waals surface area contributed by atoms with Gasteiger partial charge in [-0.25, -0.2) is 9.97 Å². The molecule has 10 nitrogen and oxygen atoms in total. The highest BCUT2D eigenvalue weighted by Gasteiger charge is 2.49. The van der Waals surface area contributed by atoms with Gasteiger partial charge in [-0.1, -0.05) is 19.6 Å². The number of pyridine rings is 2. The summed E-state index contributed by atoms with van der Waals surface area (Å²) in [6, 6.07) is 10.2. The van der Waals surface area contributed by atoms with E-state index in [-0.39, 0.29) is 17.4 Å². The summed E-state index contributed by atoms with van der Waals surface area (Å²) in [7, 11) is -1.17. The van der Waals surface area contributed by atoms with Crippen LogP contribution < -0.4 is 5.32 Å². The van der Waals surface area contributed by atoms with Crippen LogP contribution in [0.15, 0.2) is 49.1 Å². The first-order chi connectivity index (χ1) is 22.9. The van der Waals surface area contributed by atoms with Gasteiger partial charge < -0.3 is 24.6 Å². The second-order valence-corrected chi connectivity index (χ2v) is 20.0. The predicted octanol–water partition coefficient (Wildman–Crippen LogP) is 6.47. The SMILES string of the molecule is C[Si](C)(C)CCOCn1ccc2c(-c3cnn(C4(CC#N)CC(N5CCC(Nc6cc(CO)cc(C(F)(F)F)n6)CC5)C4)c3)ccnc21.